The standard InChI is InChI=1S/C13H25NO6/c1-20-11(17)5-3-2-4-6-14-7-10(16)13(19)12(18)9(14)8-15/h9-10,12-13,15-16,18-19H,2-8H2,1H3/t9-,10+,12+,13-/m1/s1. The van der Waals surface area contributed by atoms with Crippen LogP contribution >= 0.6 is 0 Å². The summed E-state index contributed by atoms with van der Waals surface area (Å²) in [6, 6.07) is -0.561. The van der Waals surface area contributed by atoms with Crippen LogP contribution in [0.25, 0.3) is 0 Å². The molecule has 0 aliphatic carbocycles. The molecule has 1 aliphatic rings. The Hall–Kier alpha value is -0.730. The number of ether oxygens (including phenoxy) is 1. The Morgan fingerprint density at radius 2 is 1.90 bits per heavy atom. The first-order chi connectivity index (χ1) is 9.51. The van der Waals surface area contributed by atoms with E-state index >= 15 is 0 Å². The van der Waals surface area contributed by atoms with Crippen molar-refractivity contribution < 1.29 is 30.0 Å². The van der Waals surface area contributed by atoms with Crippen molar-refractivity contribution in [1.82, 2.24) is 4.90 Å². The van der Waals surface area contributed by atoms with Crippen molar-refractivity contribution in [2.45, 2.75) is 50.0 Å². The van der Waals surface area contributed by atoms with Crippen LogP contribution in [-0.2, 0) is 9.53 Å². The maximum absolute atomic E-state index is 10.9. The lowest BCUT2D eigenvalue weighted by atomic mass is 9.94. The van der Waals surface area contributed by atoms with Gasteiger partial charge in [-0.15, -0.1) is 0 Å². The van der Waals surface area contributed by atoms with Crippen LogP contribution in [0.4, 0.5) is 0 Å². The number of piperidine rings is 1. The van der Waals surface area contributed by atoms with Crippen molar-refractivity contribution >= 4 is 5.97 Å². The van der Waals surface area contributed by atoms with Gasteiger partial charge in [0.15, 0.2) is 0 Å². The molecule has 0 aromatic heterocycles. The summed E-state index contributed by atoms with van der Waals surface area (Å²) >= 11 is 0. The molecule has 0 unspecified atom stereocenters. The molecule has 1 fully saturated rings. The van der Waals surface area contributed by atoms with Gasteiger partial charge in [-0.2, -0.15) is 0 Å². The van der Waals surface area contributed by atoms with Gasteiger partial charge in [0.2, 0.25) is 0 Å². The van der Waals surface area contributed by atoms with Crippen LogP contribution in [0.5, 0.6) is 0 Å². The molecule has 0 aromatic carbocycles. The van der Waals surface area contributed by atoms with Crippen LogP contribution in [0.1, 0.15) is 25.7 Å². The Morgan fingerprint density at radius 3 is 2.50 bits per heavy atom. The summed E-state index contributed by atoms with van der Waals surface area (Å²) in [6.45, 7) is 0.542. The minimum atomic E-state index is -1.22. The highest BCUT2D eigenvalue weighted by molar-refractivity contribution is 5.68. The fourth-order valence-electron chi connectivity index (χ4n) is 2.50. The maximum Gasteiger partial charge on any atom is 0.305 e. The van der Waals surface area contributed by atoms with Crippen LogP contribution in [0, 0.1) is 0 Å². The van der Waals surface area contributed by atoms with Crippen molar-refractivity contribution in [3.05, 3.63) is 0 Å². The molecule has 1 rings (SSSR count). The van der Waals surface area contributed by atoms with Gasteiger partial charge in [0, 0.05) is 13.0 Å². The van der Waals surface area contributed by atoms with Crippen LogP contribution in [0.3, 0.4) is 0 Å². The van der Waals surface area contributed by atoms with Gasteiger partial charge in [0.1, 0.15) is 12.2 Å². The molecular formula is C13H25NO6. The lowest BCUT2D eigenvalue weighted by Crippen LogP contribution is -2.62. The molecule has 0 aromatic rings. The van der Waals surface area contributed by atoms with Crippen LogP contribution < -0.4 is 0 Å². The van der Waals surface area contributed by atoms with E-state index in [1.54, 1.807) is 4.90 Å². The van der Waals surface area contributed by atoms with Crippen LogP contribution in [-0.4, -0.2) is 82.5 Å². The number of β-amino-alcohol motifs (C(OH)–C–C–N with tert-alkyl or cyclic N) is 1. The van der Waals surface area contributed by atoms with E-state index in [9.17, 15) is 25.2 Å². The number of unbranched alkanes of at least 4 members (excludes halogenated alkanes) is 2. The number of carbonyl (C=O) groups excluding carboxylic acids is 1. The van der Waals surface area contributed by atoms with Crippen LogP contribution in [0.2, 0.25) is 0 Å². The molecule has 7 heteroatoms. The average Bonchev–Trinajstić information content (AvgIpc) is 2.44. The maximum atomic E-state index is 10.9. The molecule has 0 amide bonds. The number of hydrogen-bond acceptors (Lipinski definition) is 7. The SMILES string of the molecule is COC(=O)CCCCCN1C[C@H](O)[C@@H](O)[C@@H](O)[C@H]1CO. The summed E-state index contributed by atoms with van der Waals surface area (Å²) in [5.41, 5.74) is 0. The first-order valence-corrected chi connectivity index (χ1v) is 6.97. The largest absolute Gasteiger partial charge is 0.469 e. The van der Waals surface area contributed by atoms with E-state index in [0.717, 1.165) is 19.3 Å². The Balaban J connectivity index is 2.32. The topological polar surface area (TPSA) is 110 Å². The molecule has 0 saturated carbocycles. The van der Waals surface area contributed by atoms with Gasteiger partial charge in [-0.05, 0) is 19.4 Å². The summed E-state index contributed by atoms with van der Waals surface area (Å²) in [5.74, 6) is -0.231. The lowest BCUT2D eigenvalue weighted by molar-refractivity contribution is -0.145. The second kappa shape index (κ2) is 8.53. The van der Waals surface area contributed by atoms with Crippen molar-refractivity contribution in [2.75, 3.05) is 26.8 Å². The summed E-state index contributed by atoms with van der Waals surface area (Å²) in [7, 11) is 1.36. The highest BCUT2D eigenvalue weighted by Gasteiger charge is 2.40. The molecule has 0 bridgehead atoms. The van der Waals surface area contributed by atoms with Gasteiger partial charge in [-0.1, -0.05) is 6.42 Å². The summed E-state index contributed by atoms with van der Waals surface area (Å²) in [6.07, 6.45) is -0.687. The molecule has 118 valence electrons. The van der Waals surface area contributed by atoms with Crippen molar-refractivity contribution in [2.24, 2.45) is 0 Å². The first kappa shape index (κ1) is 17.3. The minimum Gasteiger partial charge on any atom is -0.469 e. The molecule has 7 nitrogen and oxygen atoms in total. The van der Waals surface area contributed by atoms with Gasteiger partial charge in [0.05, 0.1) is 25.9 Å². The van der Waals surface area contributed by atoms with E-state index in [0.29, 0.717) is 13.0 Å². The predicted octanol–water partition coefficient (Wildman–Crippen LogP) is -1.52. The van der Waals surface area contributed by atoms with E-state index < -0.39 is 24.4 Å². The lowest BCUT2D eigenvalue weighted by Gasteiger charge is -2.43. The normalized spacial score (nSPS) is 31.2. The quantitative estimate of drug-likeness (QED) is 0.333. The Labute approximate surface area is 118 Å². The van der Waals surface area contributed by atoms with E-state index in [2.05, 4.69) is 4.74 Å². The molecule has 1 saturated heterocycles. The second-order valence-corrected chi connectivity index (χ2v) is 5.18. The predicted molar refractivity (Wildman–Crippen MR) is 71.0 cm³/mol. The first-order valence-electron chi connectivity index (χ1n) is 6.97. The zero-order valence-electron chi connectivity index (χ0n) is 11.8. The van der Waals surface area contributed by atoms with Gasteiger partial charge >= 0.3 is 5.97 Å². The summed E-state index contributed by atoms with van der Waals surface area (Å²) in [5, 5.41) is 38.3. The number of aliphatic hydroxyl groups is 4. The number of nitrogens with zero attached hydrogens (tertiary/aromatic N) is 1. The number of likely N-dealkylation sites (tertiary alicyclic amines) is 1. The Bertz CT molecular complexity index is 301. The monoisotopic (exact) mass is 291 g/mol. The number of aliphatic hydroxyl groups excluding tert-OH is 4. The fourth-order valence-corrected chi connectivity index (χ4v) is 2.50. The number of hydrogen-bond donors (Lipinski definition) is 4. The molecule has 1 aliphatic heterocycles. The third-order valence-electron chi connectivity index (χ3n) is 3.77. The third kappa shape index (κ3) is 4.68. The zero-order valence-corrected chi connectivity index (χ0v) is 11.8. The Kier molecular flexibility index (Phi) is 7.39. The number of carbonyl (C=O) groups is 1. The van der Waals surface area contributed by atoms with Crippen molar-refractivity contribution in [3.63, 3.8) is 0 Å². The summed E-state index contributed by atoms with van der Waals surface area (Å²) < 4.78 is 4.54. The van der Waals surface area contributed by atoms with E-state index in [1.807, 2.05) is 0 Å². The van der Waals surface area contributed by atoms with Crippen molar-refractivity contribution in [3.8, 4) is 0 Å². The average molecular weight is 291 g/mol. The molecule has 20 heavy (non-hydrogen) atoms. The van der Waals surface area contributed by atoms with Crippen molar-refractivity contribution in [1.29, 1.82) is 0 Å². The number of rotatable bonds is 7. The Morgan fingerprint density at radius 1 is 1.20 bits per heavy atom. The highest BCUT2D eigenvalue weighted by Crippen LogP contribution is 2.19. The smallest absolute Gasteiger partial charge is 0.305 e. The van der Waals surface area contributed by atoms with Crippen LogP contribution in [0.15, 0.2) is 0 Å². The van der Waals surface area contributed by atoms with Gasteiger partial charge in [-0.25, -0.2) is 0 Å². The summed E-state index contributed by atoms with van der Waals surface area (Å²) in [4.78, 5) is 12.7. The zero-order chi connectivity index (χ0) is 15.1. The molecular weight excluding hydrogens is 266 g/mol. The van der Waals surface area contributed by atoms with E-state index in [-0.39, 0.29) is 19.1 Å². The molecule has 4 N–H and O–H groups in total. The van der Waals surface area contributed by atoms with E-state index in [1.165, 1.54) is 7.11 Å². The van der Waals surface area contributed by atoms with E-state index in [4.69, 9.17) is 0 Å². The number of esters is 1. The third-order valence-corrected chi connectivity index (χ3v) is 3.77. The molecule has 1 heterocycles. The molecule has 0 radical (unpaired) electrons. The van der Waals surface area contributed by atoms with Gasteiger partial charge in [-0.3, -0.25) is 9.69 Å². The molecule has 4 atom stereocenters. The number of methoxy groups -OCH3 is 1. The highest BCUT2D eigenvalue weighted by atomic mass is 16.5. The molecule has 0 spiro atoms. The second-order valence-electron chi connectivity index (χ2n) is 5.18. The fraction of sp³-hybridized carbons (Fsp3) is 0.923. The van der Waals surface area contributed by atoms with Gasteiger partial charge in [0.25, 0.3) is 0 Å². The van der Waals surface area contributed by atoms with Gasteiger partial charge < -0.3 is 25.2 Å². The minimum absolute atomic E-state index is 0.223.